The molecule has 106 valence electrons. The minimum absolute atomic E-state index is 0.123. The smallest absolute Gasteiger partial charge is 0.166 e. The molecule has 0 atom stereocenters. The van der Waals surface area contributed by atoms with Crippen LogP contribution in [0.15, 0.2) is 18.2 Å². The summed E-state index contributed by atoms with van der Waals surface area (Å²) in [7, 11) is 0. The average Bonchev–Trinajstić information content (AvgIpc) is 2.36. The molecule has 0 bridgehead atoms. The fourth-order valence-corrected chi connectivity index (χ4v) is 2.94. The number of rotatable bonds is 6. The number of Topliss-reactive ketones (excluding diaryl/α,β-unsaturated/α-hetero) is 1. The molecule has 0 spiro atoms. The molecule has 19 heavy (non-hydrogen) atoms. The van der Waals surface area contributed by atoms with E-state index in [1.54, 1.807) is 0 Å². The Morgan fingerprint density at radius 3 is 2.00 bits per heavy atom. The quantitative estimate of drug-likeness (QED) is 0.663. The van der Waals surface area contributed by atoms with Crippen molar-refractivity contribution >= 4 is 5.78 Å². The molecule has 0 heterocycles. The summed E-state index contributed by atoms with van der Waals surface area (Å²) in [5.74, 6) is 1.24. The molecule has 0 aliphatic rings. The van der Waals surface area contributed by atoms with Crippen LogP contribution in [0, 0.1) is 17.8 Å². The number of aryl methyl sites for hydroxylation is 2. The highest BCUT2D eigenvalue weighted by molar-refractivity contribution is 5.99. The maximum absolute atomic E-state index is 12.9. The first-order chi connectivity index (χ1) is 8.92. The summed E-state index contributed by atoms with van der Waals surface area (Å²) in [6.45, 7) is 12.9. The first-order valence-electron chi connectivity index (χ1n) is 7.58. The van der Waals surface area contributed by atoms with Crippen LogP contribution in [0.1, 0.15) is 63.0 Å². The second-order valence-corrected chi connectivity index (χ2v) is 6.08. The maximum Gasteiger partial charge on any atom is 0.166 e. The van der Waals surface area contributed by atoms with Crippen LogP contribution in [0.5, 0.6) is 0 Å². The molecule has 0 radical (unpaired) electrons. The second kappa shape index (κ2) is 6.88. The van der Waals surface area contributed by atoms with E-state index in [0.29, 0.717) is 17.6 Å². The molecule has 0 aliphatic heterocycles. The summed E-state index contributed by atoms with van der Waals surface area (Å²) in [5, 5.41) is 0. The van der Waals surface area contributed by atoms with Gasteiger partial charge in [0.25, 0.3) is 0 Å². The summed E-state index contributed by atoms with van der Waals surface area (Å²) in [4.78, 5) is 12.9. The Hall–Kier alpha value is -1.11. The summed E-state index contributed by atoms with van der Waals surface area (Å²) < 4.78 is 0. The SMILES string of the molecule is CCc1ccc(CC)c(C(=O)C(C(C)C)C(C)C)c1. The lowest BCUT2D eigenvalue weighted by molar-refractivity contribution is 0.0838. The Morgan fingerprint density at radius 1 is 1.00 bits per heavy atom. The van der Waals surface area contributed by atoms with Gasteiger partial charge in [0.2, 0.25) is 0 Å². The number of ketones is 1. The van der Waals surface area contributed by atoms with Crippen LogP contribution in [0.2, 0.25) is 0 Å². The Labute approximate surface area is 118 Å². The van der Waals surface area contributed by atoms with Gasteiger partial charge in [-0.2, -0.15) is 0 Å². The van der Waals surface area contributed by atoms with Gasteiger partial charge in [0, 0.05) is 11.5 Å². The predicted octanol–water partition coefficient (Wildman–Crippen LogP) is 4.92. The Balaban J connectivity index is 3.22. The van der Waals surface area contributed by atoms with Gasteiger partial charge in [-0.25, -0.2) is 0 Å². The fourth-order valence-electron chi connectivity index (χ4n) is 2.94. The van der Waals surface area contributed by atoms with E-state index >= 15 is 0 Å². The monoisotopic (exact) mass is 260 g/mol. The molecular weight excluding hydrogens is 232 g/mol. The average molecular weight is 260 g/mol. The van der Waals surface area contributed by atoms with Crippen molar-refractivity contribution in [2.45, 2.75) is 54.4 Å². The van der Waals surface area contributed by atoms with Gasteiger partial charge in [-0.3, -0.25) is 4.79 Å². The lowest BCUT2D eigenvalue weighted by Crippen LogP contribution is -2.26. The number of hydrogen-bond acceptors (Lipinski definition) is 1. The lowest BCUT2D eigenvalue weighted by Gasteiger charge is -2.24. The van der Waals surface area contributed by atoms with Gasteiger partial charge in [0.15, 0.2) is 5.78 Å². The normalized spacial score (nSPS) is 11.6. The first kappa shape index (κ1) is 15.9. The van der Waals surface area contributed by atoms with Gasteiger partial charge >= 0.3 is 0 Å². The van der Waals surface area contributed by atoms with Crippen LogP contribution < -0.4 is 0 Å². The van der Waals surface area contributed by atoms with Crippen LogP contribution in [-0.4, -0.2) is 5.78 Å². The fraction of sp³-hybridized carbons (Fsp3) is 0.611. The highest BCUT2D eigenvalue weighted by Crippen LogP contribution is 2.27. The Kier molecular flexibility index (Phi) is 5.78. The second-order valence-electron chi connectivity index (χ2n) is 6.08. The molecule has 1 heteroatoms. The third-order valence-corrected chi connectivity index (χ3v) is 3.97. The molecule has 0 N–H and O–H groups in total. The van der Waals surface area contributed by atoms with E-state index in [2.05, 4.69) is 59.7 Å². The molecule has 1 nitrogen and oxygen atoms in total. The van der Waals surface area contributed by atoms with E-state index in [0.717, 1.165) is 18.4 Å². The molecule has 1 aromatic rings. The highest BCUT2D eigenvalue weighted by atomic mass is 16.1. The molecule has 0 amide bonds. The van der Waals surface area contributed by atoms with Crippen molar-refractivity contribution in [1.29, 1.82) is 0 Å². The van der Waals surface area contributed by atoms with Gasteiger partial charge in [0.1, 0.15) is 0 Å². The zero-order chi connectivity index (χ0) is 14.6. The van der Waals surface area contributed by atoms with Crippen molar-refractivity contribution < 1.29 is 4.79 Å². The molecule has 0 aliphatic carbocycles. The minimum atomic E-state index is 0.123. The van der Waals surface area contributed by atoms with Crippen molar-refractivity contribution in [2.24, 2.45) is 17.8 Å². The van der Waals surface area contributed by atoms with Gasteiger partial charge in [-0.1, -0.05) is 53.7 Å². The summed E-state index contributed by atoms with van der Waals surface area (Å²) in [5.41, 5.74) is 3.40. The third kappa shape index (κ3) is 3.68. The Bertz CT molecular complexity index is 421. The first-order valence-corrected chi connectivity index (χ1v) is 7.58. The standard InChI is InChI=1S/C18H28O/c1-7-14-9-10-15(8-2)16(11-14)18(19)17(12(3)4)13(5)6/h9-13,17H,7-8H2,1-6H3. The van der Waals surface area contributed by atoms with Crippen molar-refractivity contribution in [2.75, 3.05) is 0 Å². The number of carbonyl (C=O) groups excluding carboxylic acids is 1. The number of carbonyl (C=O) groups is 1. The molecular formula is C18H28O. The van der Waals surface area contributed by atoms with Crippen molar-refractivity contribution in [3.63, 3.8) is 0 Å². The topological polar surface area (TPSA) is 17.1 Å². The Morgan fingerprint density at radius 2 is 1.58 bits per heavy atom. The van der Waals surface area contributed by atoms with Crippen LogP contribution in [0.4, 0.5) is 0 Å². The van der Waals surface area contributed by atoms with Crippen LogP contribution >= 0.6 is 0 Å². The molecule has 0 unspecified atom stereocenters. The van der Waals surface area contributed by atoms with Gasteiger partial charge in [-0.15, -0.1) is 0 Å². The highest BCUT2D eigenvalue weighted by Gasteiger charge is 2.27. The van der Waals surface area contributed by atoms with Crippen molar-refractivity contribution in [1.82, 2.24) is 0 Å². The zero-order valence-electron chi connectivity index (χ0n) is 13.3. The summed E-state index contributed by atoms with van der Waals surface area (Å²) >= 11 is 0. The van der Waals surface area contributed by atoms with E-state index in [1.807, 2.05) is 0 Å². The van der Waals surface area contributed by atoms with Gasteiger partial charge < -0.3 is 0 Å². The number of hydrogen-bond donors (Lipinski definition) is 0. The largest absolute Gasteiger partial charge is 0.294 e. The molecule has 1 rings (SSSR count). The van der Waals surface area contributed by atoms with Gasteiger partial charge in [-0.05, 0) is 41.9 Å². The van der Waals surface area contributed by atoms with Crippen molar-refractivity contribution in [3.05, 3.63) is 34.9 Å². The van der Waals surface area contributed by atoms with E-state index in [-0.39, 0.29) is 5.92 Å². The summed E-state index contributed by atoms with van der Waals surface area (Å²) in [6, 6.07) is 6.39. The molecule has 0 fully saturated rings. The van der Waals surface area contributed by atoms with E-state index in [4.69, 9.17) is 0 Å². The van der Waals surface area contributed by atoms with Crippen LogP contribution in [0.25, 0.3) is 0 Å². The minimum Gasteiger partial charge on any atom is -0.294 e. The number of benzene rings is 1. The zero-order valence-corrected chi connectivity index (χ0v) is 13.3. The maximum atomic E-state index is 12.9. The van der Waals surface area contributed by atoms with Crippen LogP contribution in [0.3, 0.4) is 0 Å². The summed E-state index contributed by atoms with van der Waals surface area (Å²) in [6.07, 6.45) is 1.91. The predicted molar refractivity (Wildman–Crippen MR) is 82.7 cm³/mol. The molecule has 0 saturated heterocycles. The van der Waals surface area contributed by atoms with E-state index < -0.39 is 0 Å². The molecule has 1 aromatic carbocycles. The third-order valence-electron chi connectivity index (χ3n) is 3.97. The van der Waals surface area contributed by atoms with E-state index in [1.165, 1.54) is 11.1 Å². The lowest BCUT2D eigenvalue weighted by atomic mass is 9.78. The molecule has 0 saturated carbocycles. The van der Waals surface area contributed by atoms with Gasteiger partial charge in [0.05, 0.1) is 0 Å². The van der Waals surface area contributed by atoms with Crippen LogP contribution in [-0.2, 0) is 12.8 Å². The van der Waals surface area contributed by atoms with Crippen molar-refractivity contribution in [3.8, 4) is 0 Å². The molecule has 0 aromatic heterocycles. The van der Waals surface area contributed by atoms with E-state index in [9.17, 15) is 4.79 Å².